The summed E-state index contributed by atoms with van der Waals surface area (Å²) in [5.74, 6) is -0.929. The van der Waals surface area contributed by atoms with Gasteiger partial charge >= 0.3 is 12.0 Å². The standard InChI is InChI=1S/C13H19N3O4S/c1-9-15-10(8-21-9)2-3-14-13(19)16-4-5-20-7-11(16)6-12(17)18/h8,11H,2-7H2,1H3,(H,14,19)(H,17,18). The number of hydrogen-bond acceptors (Lipinski definition) is 5. The van der Waals surface area contributed by atoms with E-state index in [2.05, 4.69) is 10.3 Å². The topological polar surface area (TPSA) is 91.8 Å². The molecule has 1 aromatic heterocycles. The number of carboxylic acids is 1. The highest BCUT2D eigenvalue weighted by atomic mass is 32.1. The Kier molecular flexibility index (Phi) is 5.51. The van der Waals surface area contributed by atoms with E-state index in [1.54, 1.807) is 16.2 Å². The van der Waals surface area contributed by atoms with E-state index in [9.17, 15) is 9.59 Å². The summed E-state index contributed by atoms with van der Waals surface area (Å²) in [6.07, 6.45) is 0.572. The molecule has 1 aliphatic heterocycles. The molecule has 0 aliphatic carbocycles. The van der Waals surface area contributed by atoms with Gasteiger partial charge in [0, 0.05) is 24.9 Å². The van der Waals surface area contributed by atoms with Crippen LogP contribution in [0.5, 0.6) is 0 Å². The lowest BCUT2D eigenvalue weighted by Gasteiger charge is -2.34. The first-order chi connectivity index (χ1) is 10.1. The highest BCUT2D eigenvalue weighted by Gasteiger charge is 2.28. The fourth-order valence-corrected chi connectivity index (χ4v) is 2.86. The lowest BCUT2D eigenvalue weighted by Crippen LogP contribution is -2.53. The van der Waals surface area contributed by atoms with Crippen LogP contribution < -0.4 is 5.32 Å². The summed E-state index contributed by atoms with van der Waals surface area (Å²) in [7, 11) is 0. The largest absolute Gasteiger partial charge is 0.481 e. The van der Waals surface area contributed by atoms with Gasteiger partial charge in [0.2, 0.25) is 0 Å². The molecule has 0 saturated carbocycles. The number of carbonyl (C=O) groups excluding carboxylic acids is 1. The molecular weight excluding hydrogens is 294 g/mol. The number of morpholine rings is 1. The van der Waals surface area contributed by atoms with Crippen LogP contribution in [-0.2, 0) is 16.0 Å². The molecule has 21 heavy (non-hydrogen) atoms. The number of carbonyl (C=O) groups is 2. The van der Waals surface area contributed by atoms with Gasteiger partial charge in [-0.05, 0) is 6.92 Å². The van der Waals surface area contributed by atoms with Crippen LogP contribution in [0.4, 0.5) is 4.79 Å². The Morgan fingerprint density at radius 1 is 1.62 bits per heavy atom. The number of aromatic nitrogens is 1. The quantitative estimate of drug-likeness (QED) is 0.842. The SMILES string of the molecule is Cc1nc(CCNC(=O)N2CCOCC2CC(=O)O)cs1. The normalized spacial score (nSPS) is 18.5. The van der Waals surface area contributed by atoms with Gasteiger partial charge in [0.25, 0.3) is 0 Å². The summed E-state index contributed by atoms with van der Waals surface area (Å²) in [6.45, 7) is 3.55. The Hall–Kier alpha value is -1.67. The third-order valence-corrected chi connectivity index (χ3v) is 4.04. The van der Waals surface area contributed by atoms with Crippen molar-refractivity contribution >= 4 is 23.3 Å². The number of hydrogen-bond donors (Lipinski definition) is 2. The maximum atomic E-state index is 12.1. The van der Waals surface area contributed by atoms with Crippen LogP contribution in [0.25, 0.3) is 0 Å². The minimum absolute atomic E-state index is 0.0985. The second-order valence-corrected chi connectivity index (χ2v) is 5.92. The minimum atomic E-state index is -0.929. The maximum Gasteiger partial charge on any atom is 0.317 e. The number of nitrogens with zero attached hydrogens (tertiary/aromatic N) is 2. The molecule has 0 aromatic carbocycles. The van der Waals surface area contributed by atoms with Crippen LogP contribution in [0.1, 0.15) is 17.1 Å². The smallest absolute Gasteiger partial charge is 0.317 e. The van der Waals surface area contributed by atoms with Gasteiger partial charge in [-0.15, -0.1) is 11.3 Å². The van der Waals surface area contributed by atoms with Crippen LogP contribution >= 0.6 is 11.3 Å². The Labute approximate surface area is 126 Å². The van der Waals surface area contributed by atoms with Crippen LogP contribution in [0.15, 0.2) is 5.38 Å². The Balaban J connectivity index is 1.81. The number of thiazole rings is 1. The molecule has 1 unspecified atom stereocenters. The molecule has 0 bridgehead atoms. The molecule has 2 rings (SSSR count). The molecule has 1 aliphatic rings. The van der Waals surface area contributed by atoms with Crippen LogP contribution in [0, 0.1) is 6.92 Å². The number of amides is 2. The van der Waals surface area contributed by atoms with Gasteiger partial charge in [-0.25, -0.2) is 9.78 Å². The fraction of sp³-hybridized carbons (Fsp3) is 0.615. The fourth-order valence-electron chi connectivity index (χ4n) is 2.21. The maximum absolute atomic E-state index is 12.1. The molecule has 1 fully saturated rings. The minimum Gasteiger partial charge on any atom is -0.481 e. The lowest BCUT2D eigenvalue weighted by molar-refractivity contribution is -0.139. The van der Waals surface area contributed by atoms with Crippen molar-refractivity contribution in [1.82, 2.24) is 15.2 Å². The predicted molar refractivity (Wildman–Crippen MR) is 77.5 cm³/mol. The van der Waals surface area contributed by atoms with Crippen molar-refractivity contribution in [3.63, 3.8) is 0 Å². The van der Waals surface area contributed by atoms with Crippen molar-refractivity contribution in [2.75, 3.05) is 26.3 Å². The third kappa shape index (κ3) is 4.68. The number of ether oxygens (including phenoxy) is 1. The van der Waals surface area contributed by atoms with E-state index in [1.807, 2.05) is 12.3 Å². The summed E-state index contributed by atoms with van der Waals surface area (Å²) < 4.78 is 5.25. The summed E-state index contributed by atoms with van der Waals surface area (Å²) >= 11 is 1.58. The highest BCUT2D eigenvalue weighted by molar-refractivity contribution is 7.09. The van der Waals surface area contributed by atoms with Gasteiger partial charge in [-0.2, -0.15) is 0 Å². The number of carboxylic acid groups (broad SMARTS) is 1. The first-order valence-corrected chi connectivity index (χ1v) is 7.69. The Morgan fingerprint density at radius 3 is 3.10 bits per heavy atom. The van der Waals surface area contributed by atoms with Crippen molar-refractivity contribution in [3.8, 4) is 0 Å². The van der Waals surface area contributed by atoms with E-state index in [1.165, 1.54) is 0 Å². The predicted octanol–water partition coefficient (Wildman–Crippen LogP) is 0.879. The Morgan fingerprint density at radius 2 is 2.43 bits per heavy atom. The molecule has 1 saturated heterocycles. The zero-order valence-corrected chi connectivity index (χ0v) is 12.7. The number of aliphatic carboxylic acids is 1. The number of urea groups is 1. The molecule has 1 atom stereocenters. The van der Waals surface area contributed by atoms with E-state index in [4.69, 9.17) is 9.84 Å². The zero-order chi connectivity index (χ0) is 15.2. The first-order valence-electron chi connectivity index (χ1n) is 6.81. The number of nitrogens with one attached hydrogen (secondary N) is 1. The summed E-state index contributed by atoms with van der Waals surface area (Å²) in [5.41, 5.74) is 0.960. The highest BCUT2D eigenvalue weighted by Crippen LogP contribution is 2.11. The lowest BCUT2D eigenvalue weighted by atomic mass is 10.1. The van der Waals surface area contributed by atoms with Crippen molar-refractivity contribution < 1.29 is 19.4 Å². The van der Waals surface area contributed by atoms with Gasteiger partial charge in [0.1, 0.15) is 0 Å². The van der Waals surface area contributed by atoms with Gasteiger partial charge in [0.05, 0.1) is 36.4 Å². The van der Waals surface area contributed by atoms with E-state index in [0.717, 1.165) is 10.7 Å². The molecule has 2 heterocycles. The molecule has 1 aromatic rings. The molecule has 2 amide bonds. The molecule has 0 spiro atoms. The van der Waals surface area contributed by atoms with E-state index < -0.39 is 12.0 Å². The molecular formula is C13H19N3O4S. The average molecular weight is 313 g/mol. The van der Waals surface area contributed by atoms with Crippen molar-refractivity contribution in [1.29, 1.82) is 0 Å². The third-order valence-electron chi connectivity index (χ3n) is 3.22. The summed E-state index contributed by atoms with van der Waals surface area (Å²) in [4.78, 5) is 28.8. The van der Waals surface area contributed by atoms with E-state index >= 15 is 0 Å². The van der Waals surface area contributed by atoms with Gasteiger partial charge in [-0.1, -0.05) is 0 Å². The molecule has 2 N–H and O–H groups in total. The summed E-state index contributed by atoms with van der Waals surface area (Å²) in [6, 6.07) is -0.644. The van der Waals surface area contributed by atoms with Crippen molar-refractivity contribution in [2.24, 2.45) is 0 Å². The number of aryl methyl sites for hydroxylation is 1. The van der Waals surface area contributed by atoms with E-state index in [-0.39, 0.29) is 19.1 Å². The van der Waals surface area contributed by atoms with Crippen molar-refractivity contribution in [3.05, 3.63) is 16.1 Å². The van der Waals surface area contributed by atoms with Crippen LogP contribution in [0.3, 0.4) is 0 Å². The molecule has 0 radical (unpaired) electrons. The first kappa shape index (κ1) is 15.7. The second kappa shape index (κ2) is 7.37. The van der Waals surface area contributed by atoms with Crippen LogP contribution in [-0.4, -0.2) is 59.3 Å². The van der Waals surface area contributed by atoms with Crippen molar-refractivity contribution in [2.45, 2.75) is 25.8 Å². The van der Waals surface area contributed by atoms with Gasteiger partial charge < -0.3 is 20.1 Å². The number of rotatable bonds is 5. The van der Waals surface area contributed by atoms with E-state index in [0.29, 0.717) is 26.1 Å². The summed E-state index contributed by atoms with van der Waals surface area (Å²) in [5, 5.41) is 14.7. The monoisotopic (exact) mass is 313 g/mol. The molecule has 8 heteroatoms. The molecule has 7 nitrogen and oxygen atoms in total. The average Bonchev–Trinajstić information content (AvgIpc) is 2.84. The Bertz CT molecular complexity index is 505. The zero-order valence-electron chi connectivity index (χ0n) is 11.9. The van der Waals surface area contributed by atoms with Gasteiger partial charge in [-0.3, -0.25) is 4.79 Å². The second-order valence-electron chi connectivity index (χ2n) is 4.86. The van der Waals surface area contributed by atoms with Crippen LogP contribution in [0.2, 0.25) is 0 Å². The molecule has 116 valence electrons. The van der Waals surface area contributed by atoms with Gasteiger partial charge in [0.15, 0.2) is 0 Å².